The third kappa shape index (κ3) is 3.45. The molecule has 0 bridgehead atoms. The third-order valence-electron chi connectivity index (χ3n) is 5.12. The molecule has 0 amide bonds. The summed E-state index contributed by atoms with van der Waals surface area (Å²) in [4.78, 5) is 10.9. The lowest BCUT2D eigenvalue weighted by atomic mass is 9.88. The van der Waals surface area contributed by atoms with Gasteiger partial charge in [0.1, 0.15) is 9.84 Å². The average Bonchev–Trinajstić information content (AvgIpc) is 2.55. The second-order valence-electron chi connectivity index (χ2n) is 7.40. The predicted molar refractivity (Wildman–Crippen MR) is 109 cm³/mol. The standard InChI is InChI=1S/C19H24ClN3O2S/c1-6-13-7-16(23-9-14(12(23)4)10-26(5,24)25)15-8-21-19(20)22-18(15)17(13)11(2)3/h6-8,11-12,14H,1,9-10H2,2-5H3/t12-,14-/m1/s1. The number of hydrogen-bond acceptors (Lipinski definition) is 5. The highest BCUT2D eigenvalue weighted by molar-refractivity contribution is 7.90. The molecule has 0 aliphatic carbocycles. The molecule has 2 aromatic rings. The number of benzene rings is 1. The molecule has 1 aliphatic rings. The van der Waals surface area contributed by atoms with Crippen molar-refractivity contribution in [3.8, 4) is 0 Å². The van der Waals surface area contributed by atoms with E-state index in [0.717, 1.165) is 27.7 Å². The van der Waals surface area contributed by atoms with Gasteiger partial charge in [0.2, 0.25) is 5.28 Å². The first-order valence-electron chi connectivity index (χ1n) is 8.68. The highest BCUT2D eigenvalue weighted by atomic mass is 35.5. The summed E-state index contributed by atoms with van der Waals surface area (Å²) in [5.41, 5.74) is 3.97. The minimum Gasteiger partial charge on any atom is -0.367 e. The summed E-state index contributed by atoms with van der Waals surface area (Å²) in [6.07, 6.45) is 4.89. The van der Waals surface area contributed by atoms with Crippen molar-refractivity contribution < 1.29 is 8.42 Å². The summed E-state index contributed by atoms with van der Waals surface area (Å²) in [6.45, 7) is 10.9. The van der Waals surface area contributed by atoms with Gasteiger partial charge in [-0.05, 0) is 41.6 Å². The van der Waals surface area contributed by atoms with Gasteiger partial charge in [0.05, 0.1) is 11.3 Å². The second kappa shape index (κ2) is 6.82. The van der Waals surface area contributed by atoms with E-state index < -0.39 is 9.84 Å². The van der Waals surface area contributed by atoms with Crippen LogP contribution >= 0.6 is 11.6 Å². The molecule has 0 unspecified atom stereocenters. The lowest BCUT2D eigenvalue weighted by Gasteiger charge is -2.48. The summed E-state index contributed by atoms with van der Waals surface area (Å²) in [6, 6.07) is 2.24. The first-order chi connectivity index (χ1) is 12.1. The number of sulfone groups is 1. The smallest absolute Gasteiger partial charge is 0.222 e. The molecule has 2 heterocycles. The molecule has 0 radical (unpaired) electrons. The van der Waals surface area contributed by atoms with Gasteiger partial charge < -0.3 is 4.90 Å². The number of anilines is 1. The highest BCUT2D eigenvalue weighted by Crippen LogP contribution is 2.40. The van der Waals surface area contributed by atoms with Gasteiger partial charge in [0, 0.05) is 42.0 Å². The van der Waals surface area contributed by atoms with Crippen LogP contribution in [-0.2, 0) is 9.84 Å². The van der Waals surface area contributed by atoms with Crippen LogP contribution in [0.15, 0.2) is 18.8 Å². The van der Waals surface area contributed by atoms with Gasteiger partial charge in [-0.25, -0.2) is 18.4 Å². The van der Waals surface area contributed by atoms with Crippen molar-refractivity contribution in [3.05, 3.63) is 35.3 Å². The molecule has 7 heteroatoms. The number of rotatable bonds is 5. The maximum Gasteiger partial charge on any atom is 0.222 e. The van der Waals surface area contributed by atoms with Gasteiger partial charge in [-0.1, -0.05) is 26.5 Å². The molecule has 5 nitrogen and oxygen atoms in total. The molecule has 0 N–H and O–H groups in total. The quantitative estimate of drug-likeness (QED) is 0.720. The highest BCUT2D eigenvalue weighted by Gasteiger charge is 2.38. The van der Waals surface area contributed by atoms with E-state index >= 15 is 0 Å². The molecule has 2 atom stereocenters. The zero-order chi connectivity index (χ0) is 19.2. The fourth-order valence-corrected chi connectivity index (χ4v) is 5.09. The Labute approximate surface area is 160 Å². The van der Waals surface area contributed by atoms with Gasteiger partial charge in [-0.2, -0.15) is 0 Å². The SMILES string of the molecule is C=Cc1cc(N2C[C@H](CS(C)(=O)=O)[C@H]2C)c2cnc(Cl)nc2c1C(C)C. The maximum atomic E-state index is 11.6. The Morgan fingerprint density at radius 3 is 2.69 bits per heavy atom. The largest absolute Gasteiger partial charge is 0.367 e. The van der Waals surface area contributed by atoms with Crippen LogP contribution in [0.4, 0.5) is 5.69 Å². The van der Waals surface area contributed by atoms with Crippen molar-refractivity contribution in [1.29, 1.82) is 0 Å². The van der Waals surface area contributed by atoms with E-state index in [1.807, 2.05) is 6.08 Å². The third-order valence-corrected chi connectivity index (χ3v) is 6.34. The first-order valence-corrected chi connectivity index (χ1v) is 11.1. The van der Waals surface area contributed by atoms with Crippen LogP contribution in [-0.4, -0.2) is 43.0 Å². The van der Waals surface area contributed by atoms with Crippen LogP contribution < -0.4 is 4.90 Å². The van der Waals surface area contributed by atoms with Crippen LogP contribution in [0.1, 0.15) is 37.8 Å². The summed E-state index contributed by atoms with van der Waals surface area (Å²) in [7, 11) is -2.99. The summed E-state index contributed by atoms with van der Waals surface area (Å²) in [5.74, 6) is 0.603. The normalized spacial score (nSPS) is 20.5. The Morgan fingerprint density at radius 2 is 2.15 bits per heavy atom. The average molecular weight is 394 g/mol. The van der Waals surface area contributed by atoms with E-state index in [1.54, 1.807) is 6.20 Å². The van der Waals surface area contributed by atoms with Crippen LogP contribution in [0.5, 0.6) is 0 Å². The monoisotopic (exact) mass is 393 g/mol. The lowest BCUT2D eigenvalue weighted by Crippen LogP contribution is -2.57. The molecule has 26 heavy (non-hydrogen) atoms. The first kappa shape index (κ1) is 19.1. The minimum absolute atomic E-state index is 0.130. The zero-order valence-corrected chi connectivity index (χ0v) is 17.1. The van der Waals surface area contributed by atoms with E-state index in [0.29, 0.717) is 6.54 Å². The van der Waals surface area contributed by atoms with Gasteiger partial charge in [0.15, 0.2) is 0 Å². The Bertz CT molecular complexity index is 972. The van der Waals surface area contributed by atoms with Gasteiger partial charge in [-0.3, -0.25) is 0 Å². The van der Waals surface area contributed by atoms with E-state index in [2.05, 4.69) is 48.3 Å². The van der Waals surface area contributed by atoms with Gasteiger partial charge >= 0.3 is 0 Å². The van der Waals surface area contributed by atoms with Crippen LogP contribution in [0.2, 0.25) is 5.28 Å². The van der Waals surface area contributed by atoms with Crippen molar-refractivity contribution in [2.75, 3.05) is 23.5 Å². The van der Waals surface area contributed by atoms with Crippen LogP contribution in [0.25, 0.3) is 17.0 Å². The summed E-state index contributed by atoms with van der Waals surface area (Å²) < 4.78 is 23.3. The molecule has 0 spiro atoms. The van der Waals surface area contributed by atoms with Gasteiger partial charge in [-0.15, -0.1) is 0 Å². The second-order valence-corrected chi connectivity index (χ2v) is 9.93. The van der Waals surface area contributed by atoms with Gasteiger partial charge in [0.25, 0.3) is 0 Å². The van der Waals surface area contributed by atoms with Crippen LogP contribution in [0.3, 0.4) is 0 Å². The Hall–Kier alpha value is -1.66. The molecule has 1 aromatic carbocycles. The van der Waals surface area contributed by atoms with E-state index in [-0.39, 0.29) is 28.9 Å². The van der Waals surface area contributed by atoms with E-state index in [4.69, 9.17) is 11.6 Å². The molecule has 3 rings (SSSR count). The number of fused-ring (bicyclic) bond motifs is 1. The molecular formula is C19H24ClN3O2S. The summed E-state index contributed by atoms with van der Waals surface area (Å²) >= 11 is 6.07. The molecule has 1 fully saturated rings. The van der Waals surface area contributed by atoms with Crippen molar-refractivity contribution in [1.82, 2.24) is 9.97 Å². The Kier molecular flexibility index (Phi) is 5.01. The number of hydrogen-bond donors (Lipinski definition) is 0. The van der Waals surface area contributed by atoms with Crippen LogP contribution in [0, 0.1) is 5.92 Å². The predicted octanol–water partition coefficient (Wildman–Crippen LogP) is 3.92. The number of aromatic nitrogens is 2. The number of nitrogens with zero attached hydrogens (tertiary/aromatic N) is 3. The molecule has 140 valence electrons. The maximum absolute atomic E-state index is 11.6. The fraction of sp³-hybridized carbons (Fsp3) is 0.474. The summed E-state index contributed by atoms with van der Waals surface area (Å²) in [5, 5.41) is 1.16. The fourth-order valence-electron chi connectivity index (χ4n) is 3.79. The van der Waals surface area contributed by atoms with Crippen molar-refractivity contribution in [2.45, 2.75) is 32.7 Å². The Balaban J connectivity index is 2.11. The van der Waals surface area contributed by atoms with Crippen molar-refractivity contribution in [2.24, 2.45) is 5.92 Å². The number of halogens is 1. The molecule has 1 aromatic heterocycles. The molecule has 1 saturated heterocycles. The van der Waals surface area contributed by atoms with Crippen molar-refractivity contribution in [3.63, 3.8) is 0 Å². The van der Waals surface area contributed by atoms with E-state index in [9.17, 15) is 8.42 Å². The minimum atomic E-state index is -2.99. The van der Waals surface area contributed by atoms with Crippen molar-refractivity contribution >= 4 is 44.1 Å². The topological polar surface area (TPSA) is 63.2 Å². The van der Waals surface area contributed by atoms with E-state index in [1.165, 1.54) is 6.26 Å². The molecule has 1 aliphatic heterocycles. The molecular weight excluding hydrogens is 370 g/mol. The lowest BCUT2D eigenvalue weighted by molar-refractivity contribution is 0.342. The Morgan fingerprint density at radius 1 is 1.46 bits per heavy atom. The molecule has 0 saturated carbocycles. The zero-order valence-electron chi connectivity index (χ0n) is 15.5.